The van der Waals surface area contributed by atoms with Crippen molar-refractivity contribution in [3.05, 3.63) is 0 Å². The molecule has 2 amide bonds. The maximum Gasteiger partial charge on any atom is 0.241 e. The van der Waals surface area contributed by atoms with Gasteiger partial charge in [0.25, 0.3) is 0 Å². The second-order valence-electron chi connectivity index (χ2n) is 5.48. The normalized spacial score (nSPS) is 28.4. The van der Waals surface area contributed by atoms with Crippen LogP contribution in [-0.2, 0) is 14.3 Å². The van der Waals surface area contributed by atoms with Crippen LogP contribution in [-0.4, -0.2) is 43.2 Å². The van der Waals surface area contributed by atoms with E-state index in [0.717, 1.165) is 0 Å². The van der Waals surface area contributed by atoms with Crippen molar-refractivity contribution in [2.45, 2.75) is 45.8 Å². The van der Waals surface area contributed by atoms with Crippen LogP contribution in [0.1, 0.15) is 34.1 Å². The molecule has 1 fully saturated rings. The summed E-state index contributed by atoms with van der Waals surface area (Å²) in [6.07, 6.45) is 0.465. The van der Waals surface area contributed by atoms with Gasteiger partial charge in [0.05, 0.1) is 12.6 Å². The number of rotatable bonds is 6. The predicted molar refractivity (Wildman–Crippen MR) is 72.4 cm³/mol. The van der Waals surface area contributed by atoms with Gasteiger partial charge in [-0.25, -0.2) is 0 Å². The number of nitrogens with two attached hydrogens (primary N) is 1. The number of hydrogen-bond donors (Lipinski definition) is 3. The van der Waals surface area contributed by atoms with E-state index in [-0.39, 0.29) is 24.5 Å². The highest BCUT2D eigenvalue weighted by Crippen LogP contribution is 2.49. The van der Waals surface area contributed by atoms with Crippen molar-refractivity contribution in [1.82, 2.24) is 10.6 Å². The van der Waals surface area contributed by atoms with Crippen molar-refractivity contribution in [3.63, 3.8) is 0 Å². The van der Waals surface area contributed by atoms with Crippen LogP contribution >= 0.6 is 0 Å². The smallest absolute Gasteiger partial charge is 0.241 e. The lowest BCUT2D eigenvalue weighted by Crippen LogP contribution is -2.76. The van der Waals surface area contributed by atoms with Gasteiger partial charge in [0.1, 0.15) is 5.54 Å². The molecule has 19 heavy (non-hydrogen) atoms. The van der Waals surface area contributed by atoms with Crippen LogP contribution in [0.4, 0.5) is 0 Å². The van der Waals surface area contributed by atoms with Gasteiger partial charge in [-0.15, -0.1) is 0 Å². The SMILES string of the molecule is CCNC(=O)CNC(=O)C1(N)CC(OCC)C1(C)C. The highest BCUT2D eigenvalue weighted by Gasteiger charge is 2.62. The third kappa shape index (κ3) is 2.90. The number of amides is 2. The minimum Gasteiger partial charge on any atom is -0.378 e. The first-order chi connectivity index (χ1) is 8.79. The molecule has 6 nitrogen and oxygen atoms in total. The van der Waals surface area contributed by atoms with Gasteiger partial charge in [-0.3, -0.25) is 9.59 Å². The third-order valence-corrected chi connectivity index (χ3v) is 4.02. The third-order valence-electron chi connectivity index (χ3n) is 4.02. The lowest BCUT2D eigenvalue weighted by molar-refractivity contribution is -0.170. The molecule has 0 aromatic heterocycles. The molecular formula is C13H25N3O3. The van der Waals surface area contributed by atoms with Crippen molar-refractivity contribution in [2.75, 3.05) is 19.7 Å². The number of likely N-dealkylation sites (N-methyl/N-ethyl adjacent to an activating group) is 1. The molecule has 2 atom stereocenters. The van der Waals surface area contributed by atoms with Gasteiger partial charge in [-0.2, -0.15) is 0 Å². The van der Waals surface area contributed by atoms with Crippen molar-refractivity contribution < 1.29 is 14.3 Å². The lowest BCUT2D eigenvalue weighted by atomic mass is 9.54. The highest BCUT2D eigenvalue weighted by molar-refractivity contribution is 5.92. The van der Waals surface area contributed by atoms with Crippen molar-refractivity contribution in [2.24, 2.45) is 11.1 Å². The topological polar surface area (TPSA) is 93.5 Å². The van der Waals surface area contributed by atoms with Crippen molar-refractivity contribution in [3.8, 4) is 0 Å². The van der Waals surface area contributed by atoms with Crippen molar-refractivity contribution in [1.29, 1.82) is 0 Å². The first-order valence-corrected chi connectivity index (χ1v) is 6.75. The maximum atomic E-state index is 12.1. The molecule has 0 spiro atoms. The molecule has 0 bridgehead atoms. The van der Waals surface area contributed by atoms with Crippen molar-refractivity contribution >= 4 is 11.8 Å². The maximum absolute atomic E-state index is 12.1. The average molecular weight is 271 g/mol. The Labute approximate surface area is 114 Å². The van der Waals surface area contributed by atoms with Crippen LogP contribution in [0, 0.1) is 5.41 Å². The molecule has 1 aliphatic rings. The zero-order valence-electron chi connectivity index (χ0n) is 12.2. The van der Waals surface area contributed by atoms with E-state index in [2.05, 4.69) is 10.6 Å². The molecule has 1 saturated carbocycles. The minimum atomic E-state index is -0.973. The lowest BCUT2D eigenvalue weighted by Gasteiger charge is -2.57. The fourth-order valence-corrected chi connectivity index (χ4v) is 2.40. The summed E-state index contributed by atoms with van der Waals surface area (Å²) in [5.41, 5.74) is 4.77. The molecule has 0 saturated heterocycles. The Morgan fingerprint density at radius 3 is 2.42 bits per heavy atom. The van der Waals surface area contributed by atoms with E-state index >= 15 is 0 Å². The van der Waals surface area contributed by atoms with Crippen LogP contribution in [0.5, 0.6) is 0 Å². The standard InChI is InChI=1S/C13H25N3O3/c1-5-15-10(17)8-16-11(18)13(14)7-9(19-6-2)12(13,3)4/h9H,5-8,14H2,1-4H3,(H,15,17)(H,16,18). The molecule has 6 heteroatoms. The number of carbonyl (C=O) groups is 2. The van der Waals surface area contributed by atoms with E-state index in [1.807, 2.05) is 27.7 Å². The van der Waals surface area contributed by atoms with Gasteiger partial charge >= 0.3 is 0 Å². The fourth-order valence-electron chi connectivity index (χ4n) is 2.40. The Morgan fingerprint density at radius 1 is 1.32 bits per heavy atom. The van der Waals surface area contributed by atoms with E-state index < -0.39 is 11.0 Å². The van der Waals surface area contributed by atoms with Crippen LogP contribution in [0.3, 0.4) is 0 Å². The molecule has 1 rings (SSSR count). The number of nitrogens with one attached hydrogen (secondary N) is 2. The fraction of sp³-hybridized carbons (Fsp3) is 0.846. The molecule has 0 aromatic rings. The molecule has 4 N–H and O–H groups in total. The molecular weight excluding hydrogens is 246 g/mol. The Bertz CT molecular complexity index is 357. The van der Waals surface area contributed by atoms with Gasteiger partial charge in [0.15, 0.2) is 0 Å². The summed E-state index contributed by atoms with van der Waals surface area (Å²) in [5, 5.41) is 5.22. The summed E-state index contributed by atoms with van der Waals surface area (Å²) in [6, 6.07) is 0. The van der Waals surface area contributed by atoms with E-state index in [0.29, 0.717) is 19.6 Å². The zero-order valence-corrected chi connectivity index (χ0v) is 12.2. The van der Waals surface area contributed by atoms with Crippen LogP contribution in [0.25, 0.3) is 0 Å². The molecule has 0 radical (unpaired) electrons. The van der Waals surface area contributed by atoms with Gasteiger partial charge in [0, 0.05) is 25.0 Å². The Kier molecular flexibility index (Phi) is 4.92. The largest absolute Gasteiger partial charge is 0.378 e. The minimum absolute atomic E-state index is 0.0160. The summed E-state index contributed by atoms with van der Waals surface area (Å²) in [4.78, 5) is 23.5. The van der Waals surface area contributed by atoms with E-state index in [4.69, 9.17) is 10.5 Å². The van der Waals surface area contributed by atoms with Crippen LogP contribution in [0.15, 0.2) is 0 Å². The highest BCUT2D eigenvalue weighted by atomic mass is 16.5. The van der Waals surface area contributed by atoms with Gasteiger partial charge in [-0.1, -0.05) is 13.8 Å². The predicted octanol–water partition coefficient (Wildman–Crippen LogP) is -0.229. The summed E-state index contributed by atoms with van der Waals surface area (Å²) >= 11 is 0. The second kappa shape index (κ2) is 5.88. The van der Waals surface area contributed by atoms with Gasteiger partial charge in [-0.05, 0) is 13.8 Å². The van der Waals surface area contributed by atoms with E-state index in [9.17, 15) is 9.59 Å². The Morgan fingerprint density at radius 2 is 1.95 bits per heavy atom. The zero-order chi connectivity index (χ0) is 14.7. The number of ether oxygens (including phenoxy) is 1. The van der Waals surface area contributed by atoms with Crippen LogP contribution < -0.4 is 16.4 Å². The summed E-state index contributed by atoms with van der Waals surface area (Å²) in [5.74, 6) is -0.502. The number of carbonyl (C=O) groups excluding carboxylic acids is 2. The molecule has 0 heterocycles. The number of hydrogen-bond acceptors (Lipinski definition) is 4. The summed E-state index contributed by atoms with van der Waals surface area (Å²) in [7, 11) is 0. The summed E-state index contributed by atoms with van der Waals surface area (Å²) in [6.45, 7) is 8.69. The second-order valence-corrected chi connectivity index (χ2v) is 5.48. The molecule has 0 aliphatic heterocycles. The molecule has 1 aliphatic carbocycles. The molecule has 2 unspecified atom stereocenters. The molecule has 0 aromatic carbocycles. The Hall–Kier alpha value is -1.14. The van der Waals surface area contributed by atoms with E-state index in [1.54, 1.807) is 0 Å². The van der Waals surface area contributed by atoms with Gasteiger partial charge < -0.3 is 21.1 Å². The summed E-state index contributed by atoms with van der Waals surface area (Å²) < 4.78 is 5.56. The van der Waals surface area contributed by atoms with Gasteiger partial charge in [0.2, 0.25) is 11.8 Å². The Balaban J connectivity index is 2.55. The average Bonchev–Trinajstić information content (AvgIpc) is 2.35. The first-order valence-electron chi connectivity index (χ1n) is 6.75. The quantitative estimate of drug-likeness (QED) is 0.622. The van der Waals surface area contributed by atoms with Crippen LogP contribution in [0.2, 0.25) is 0 Å². The van der Waals surface area contributed by atoms with E-state index in [1.165, 1.54) is 0 Å². The first kappa shape index (κ1) is 15.9. The monoisotopic (exact) mass is 271 g/mol. The molecule has 110 valence electrons.